The fourth-order valence-electron chi connectivity index (χ4n) is 4.80. The number of thioether (sulfide) groups is 1. The number of carbonyl (C=O) groups excluding carboxylic acids is 1. The highest BCUT2D eigenvalue weighted by molar-refractivity contribution is 7.99. The fourth-order valence-corrected chi connectivity index (χ4v) is 5.76. The number of amides is 1. The topological polar surface area (TPSA) is 56.6 Å². The normalized spacial score (nSPS) is 25.2. The number of nitrogens with zero attached hydrogens (tertiary/aromatic N) is 5. The SMILES string of the molecule is Cc1cccc(-n2nccc2N2CCN([C@@H]3CN[C@H](C(=O)N4CCSC4)C3)CC2)c1. The lowest BCUT2D eigenvalue weighted by Gasteiger charge is -2.38. The summed E-state index contributed by atoms with van der Waals surface area (Å²) in [6.45, 7) is 7.93. The minimum Gasteiger partial charge on any atom is -0.354 e. The summed E-state index contributed by atoms with van der Waals surface area (Å²) in [7, 11) is 0. The Balaban J connectivity index is 1.19. The van der Waals surface area contributed by atoms with E-state index in [0.29, 0.717) is 11.9 Å². The van der Waals surface area contributed by atoms with Crippen LogP contribution in [0.5, 0.6) is 0 Å². The molecule has 0 saturated carbocycles. The maximum Gasteiger partial charge on any atom is 0.240 e. The summed E-state index contributed by atoms with van der Waals surface area (Å²) in [6.07, 6.45) is 2.82. The van der Waals surface area contributed by atoms with Crippen LogP contribution in [0.15, 0.2) is 36.5 Å². The molecular weight excluding hydrogens is 396 g/mol. The average Bonchev–Trinajstić information content (AvgIpc) is 3.55. The van der Waals surface area contributed by atoms with Gasteiger partial charge in [0.1, 0.15) is 5.82 Å². The molecule has 3 saturated heterocycles. The van der Waals surface area contributed by atoms with E-state index in [-0.39, 0.29) is 6.04 Å². The molecule has 0 radical (unpaired) electrons. The van der Waals surface area contributed by atoms with E-state index in [1.54, 1.807) is 0 Å². The van der Waals surface area contributed by atoms with E-state index in [9.17, 15) is 4.79 Å². The van der Waals surface area contributed by atoms with Crippen molar-refractivity contribution in [1.82, 2.24) is 24.9 Å². The zero-order valence-electron chi connectivity index (χ0n) is 17.5. The molecule has 3 aliphatic rings. The third-order valence-corrected chi connectivity index (χ3v) is 7.46. The van der Waals surface area contributed by atoms with Crippen LogP contribution < -0.4 is 10.2 Å². The van der Waals surface area contributed by atoms with Gasteiger partial charge in [-0.25, -0.2) is 4.68 Å². The molecule has 1 N–H and O–H groups in total. The Labute approximate surface area is 182 Å². The molecule has 8 heteroatoms. The summed E-state index contributed by atoms with van der Waals surface area (Å²) in [5.41, 5.74) is 2.35. The van der Waals surface area contributed by atoms with Crippen molar-refractivity contribution in [3.8, 4) is 5.69 Å². The minimum absolute atomic E-state index is 0.00511. The predicted molar refractivity (Wildman–Crippen MR) is 121 cm³/mol. The molecule has 5 rings (SSSR count). The summed E-state index contributed by atoms with van der Waals surface area (Å²) in [5, 5.41) is 8.06. The highest BCUT2D eigenvalue weighted by Crippen LogP contribution is 2.24. The molecule has 2 aromatic rings. The molecule has 1 amide bonds. The molecule has 160 valence electrons. The van der Waals surface area contributed by atoms with Crippen molar-refractivity contribution in [2.24, 2.45) is 0 Å². The number of aromatic nitrogens is 2. The molecule has 3 aliphatic heterocycles. The monoisotopic (exact) mass is 426 g/mol. The van der Waals surface area contributed by atoms with E-state index in [0.717, 1.165) is 68.8 Å². The van der Waals surface area contributed by atoms with E-state index < -0.39 is 0 Å². The number of nitrogens with one attached hydrogen (secondary N) is 1. The van der Waals surface area contributed by atoms with Gasteiger partial charge in [-0.05, 0) is 31.0 Å². The van der Waals surface area contributed by atoms with Crippen LogP contribution in [-0.4, -0.2) is 88.5 Å². The molecule has 0 spiro atoms. The summed E-state index contributed by atoms with van der Waals surface area (Å²) in [6, 6.07) is 11.0. The number of rotatable bonds is 4. The van der Waals surface area contributed by atoms with Crippen molar-refractivity contribution in [2.45, 2.75) is 25.4 Å². The quantitative estimate of drug-likeness (QED) is 0.801. The maximum atomic E-state index is 12.7. The van der Waals surface area contributed by atoms with Gasteiger partial charge in [-0.1, -0.05) is 12.1 Å². The molecule has 7 nitrogen and oxygen atoms in total. The Morgan fingerprint density at radius 3 is 2.80 bits per heavy atom. The molecule has 0 bridgehead atoms. The van der Waals surface area contributed by atoms with Crippen LogP contribution in [0.3, 0.4) is 0 Å². The van der Waals surface area contributed by atoms with Crippen molar-refractivity contribution >= 4 is 23.5 Å². The lowest BCUT2D eigenvalue weighted by Crippen LogP contribution is -2.51. The second-order valence-corrected chi connectivity index (χ2v) is 9.53. The molecule has 30 heavy (non-hydrogen) atoms. The number of carbonyl (C=O) groups is 1. The van der Waals surface area contributed by atoms with Crippen molar-refractivity contribution in [1.29, 1.82) is 0 Å². The molecule has 1 aromatic heterocycles. The zero-order valence-corrected chi connectivity index (χ0v) is 18.4. The first-order valence-electron chi connectivity index (χ1n) is 10.9. The lowest BCUT2D eigenvalue weighted by atomic mass is 10.1. The average molecular weight is 427 g/mol. The highest BCUT2D eigenvalue weighted by atomic mass is 32.2. The van der Waals surface area contributed by atoms with E-state index in [1.165, 1.54) is 5.56 Å². The van der Waals surface area contributed by atoms with Gasteiger partial charge in [-0.3, -0.25) is 9.69 Å². The Hall–Kier alpha value is -2.03. The van der Waals surface area contributed by atoms with Crippen LogP contribution in [0, 0.1) is 6.92 Å². The van der Waals surface area contributed by atoms with Crippen molar-refractivity contribution in [2.75, 3.05) is 55.8 Å². The van der Waals surface area contributed by atoms with Crippen LogP contribution in [0.25, 0.3) is 5.69 Å². The minimum atomic E-state index is -0.00511. The summed E-state index contributed by atoms with van der Waals surface area (Å²) < 4.78 is 2.04. The van der Waals surface area contributed by atoms with E-state index in [2.05, 4.69) is 57.5 Å². The van der Waals surface area contributed by atoms with Crippen molar-refractivity contribution < 1.29 is 4.79 Å². The molecular formula is C22H30N6OS. The summed E-state index contributed by atoms with van der Waals surface area (Å²) in [4.78, 5) is 19.7. The van der Waals surface area contributed by atoms with Gasteiger partial charge in [0.15, 0.2) is 0 Å². The van der Waals surface area contributed by atoms with Crippen molar-refractivity contribution in [3.05, 3.63) is 42.1 Å². The standard InChI is InChI=1S/C22H30N6OS/c1-17-3-2-4-18(13-17)28-21(5-6-24-28)26-9-7-25(8-10-26)19-14-20(23-15-19)22(29)27-11-12-30-16-27/h2-6,13,19-20,23H,7-12,14-16H2,1H3/t19-,20-/m0/s1. The molecule has 1 aromatic carbocycles. The molecule has 0 unspecified atom stereocenters. The van der Waals surface area contributed by atoms with Crippen LogP contribution in [0.4, 0.5) is 5.82 Å². The highest BCUT2D eigenvalue weighted by Gasteiger charge is 2.36. The first kappa shape index (κ1) is 19.9. The molecule has 2 atom stereocenters. The number of hydrogen-bond acceptors (Lipinski definition) is 6. The van der Waals surface area contributed by atoms with Crippen LogP contribution >= 0.6 is 11.8 Å². The van der Waals surface area contributed by atoms with E-state index in [4.69, 9.17) is 0 Å². The van der Waals surface area contributed by atoms with Gasteiger partial charge in [0.05, 0.1) is 23.8 Å². The number of anilines is 1. The third kappa shape index (κ3) is 3.96. The zero-order chi connectivity index (χ0) is 20.5. The van der Waals surface area contributed by atoms with Gasteiger partial charge in [0, 0.05) is 57.1 Å². The van der Waals surface area contributed by atoms with Crippen molar-refractivity contribution in [3.63, 3.8) is 0 Å². The Kier molecular flexibility index (Phi) is 5.71. The number of piperazine rings is 1. The first-order valence-corrected chi connectivity index (χ1v) is 12.0. The smallest absolute Gasteiger partial charge is 0.240 e. The lowest BCUT2D eigenvalue weighted by molar-refractivity contribution is -0.131. The van der Waals surface area contributed by atoms with Gasteiger partial charge in [0.25, 0.3) is 0 Å². The molecule has 3 fully saturated rings. The van der Waals surface area contributed by atoms with Gasteiger partial charge in [-0.15, -0.1) is 11.8 Å². The summed E-state index contributed by atoms with van der Waals surface area (Å²) in [5.74, 6) is 3.38. The predicted octanol–water partition coefficient (Wildman–Crippen LogP) is 1.57. The van der Waals surface area contributed by atoms with Crippen LogP contribution in [0.1, 0.15) is 12.0 Å². The van der Waals surface area contributed by atoms with Gasteiger partial charge in [-0.2, -0.15) is 5.10 Å². The van der Waals surface area contributed by atoms with E-state index in [1.807, 2.05) is 27.5 Å². The Bertz CT molecular complexity index is 887. The first-order chi connectivity index (χ1) is 14.7. The summed E-state index contributed by atoms with van der Waals surface area (Å²) >= 11 is 1.85. The van der Waals surface area contributed by atoms with Crippen LogP contribution in [-0.2, 0) is 4.79 Å². The third-order valence-electron chi connectivity index (χ3n) is 6.49. The van der Waals surface area contributed by atoms with Gasteiger partial charge < -0.3 is 15.1 Å². The fraction of sp³-hybridized carbons (Fsp3) is 0.545. The van der Waals surface area contributed by atoms with Gasteiger partial charge in [0.2, 0.25) is 5.91 Å². The largest absolute Gasteiger partial charge is 0.354 e. The Morgan fingerprint density at radius 2 is 2.03 bits per heavy atom. The van der Waals surface area contributed by atoms with E-state index >= 15 is 0 Å². The van der Waals surface area contributed by atoms with Crippen LogP contribution in [0.2, 0.25) is 0 Å². The number of aryl methyl sites for hydroxylation is 1. The Morgan fingerprint density at radius 1 is 1.17 bits per heavy atom. The molecule has 0 aliphatic carbocycles. The molecule has 4 heterocycles. The second-order valence-electron chi connectivity index (χ2n) is 8.45. The number of hydrogen-bond donors (Lipinski definition) is 1. The second kappa shape index (κ2) is 8.61. The number of benzene rings is 1. The van der Waals surface area contributed by atoms with Gasteiger partial charge >= 0.3 is 0 Å². The maximum absolute atomic E-state index is 12.7.